The van der Waals surface area contributed by atoms with E-state index in [4.69, 9.17) is 5.73 Å². The highest BCUT2D eigenvalue weighted by Gasteiger charge is 2.12. The Balaban J connectivity index is 2.02. The van der Waals surface area contributed by atoms with Crippen molar-refractivity contribution in [3.8, 4) is 5.75 Å². The van der Waals surface area contributed by atoms with Crippen LogP contribution in [-0.4, -0.2) is 23.0 Å². The van der Waals surface area contributed by atoms with Crippen LogP contribution in [0.15, 0.2) is 48.5 Å². The van der Waals surface area contributed by atoms with Gasteiger partial charge in [-0.05, 0) is 28.8 Å². The molecule has 2 aromatic carbocycles. The van der Waals surface area contributed by atoms with Gasteiger partial charge in [0.05, 0.1) is 6.42 Å². The summed E-state index contributed by atoms with van der Waals surface area (Å²) >= 11 is 0. The third-order valence-electron chi connectivity index (χ3n) is 3.44. The zero-order valence-corrected chi connectivity index (χ0v) is 12.1. The second-order valence-corrected chi connectivity index (χ2v) is 5.07. The van der Waals surface area contributed by atoms with Gasteiger partial charge in [0.25, 0.3) is 0 Å². The molecule has 0 fully saturated rings. The van der Waals surface area contributed by atoms with Gasteiger partial charge in [0.15, 0.2) is 0 Å². The molecule has 0 aliphatic rings. The van der Waals surface area contributed by atoms with E-state index in [2.05, 4.69) is 0 Å². The Labute approximate surface area is 124 Å². The molecule has 3 N–H and O–H groups in total. The number of nitrogens with two attached hydrogens (primary N) is 1. The van der Waals surface area contributed by atoms with Gasteiger partial charge in [0, 0.05) is 20.1 Å². The number of hydrogen-bond acceptors (Lipinski definition) is 3. The summed E-state index contributed by atoms with van der Waals surface area (Å²) in [6.45, 7) is 0.901. The van der Waals surface area contributed by atoms with Gasteiger partial charge >= 0.3 is 0 Å². The molecule has 0 radical (unpaired) electrons. The number of likely N-dealkylation sites (N-methyl/N-ethyl adjacent to an activating group) is 1. The van der Waals surface area contributed by atoms with Crippen molar-refractivity contribution < 1.29 is 9.90 Å². The number of carbonyl (C=O) groups excluding carboxylic acids is 1. The first kappa shape index (κ1) is 15.1. The lowest BCUT2D eigenvalue weighted by Crippen LogP contribution is -2.28. The number of phenolic OH excluding ortho intramolecular Hbond substituents is 1. The van der Waals surface area contributed by atoms with Gasteiger partial charge < -0.3 is 15.7 Å². The average molecular weight is 284 g/mol. The molecule has 0 saturated carbocycles. The molecule has 0 heterocycles. The SMILES string of the molecule is CN(Cc1cccc(O)c1)C(=O)Cc1ccccc1CN. The molecule has 0 aliphatic carbocycles. The van der Waals surface area contributed by atoms with Crippen molar-refractivity contribution >= 4 is 5.91 Å². The fourth-order valence-corrected chi connectivity index (χ4v) is 2.24. The highest BCUT2D eigenvalue weighted by atomic mass is 16.3. The Morgan fingerprint density at radius 1 is 1.14 bits per heavy atom. The molecule has 2 rings (SSSR count). The van der Waals surface area contributed by atoms with Crippen LogP contribution in [0, 0.1) is 0 Å². The molecule has 0 saturated heterocycles. The summed E-state index contributed by atoms with van der Waals surface area (Å²) in [7, 11) is 1.76. The molecule has 0 bridgehead atoms. The predicted molar refractivity (Wildman–Crippen MR) is 82.6 cm³/mol. The minimum atomic E-state index is 0.0271. The van der Waals surface area contributed by atoms with Crippen molar-refractivity contribution in [1.82, 2.24) is 4.90 Å². The Morgan fingerprint density at radius 2 is 1.86 bits per heavy atom. The first-order chi connectivity index (χ1) is 10.1. The first-order valence-corrected chi connectivity index (χ1v) is 6.89. The Morgan fingerprint density at radius 3 is 2.52 bits per heavy atom. The number of nitrogens with zero attached hydrogens (tertiary/aromatic N) is 1. The lowest BCUT2D eigenvalue weighted by Gasteiger charge is -2.18. The molecular weight excluding hydrogens is 264 g/mol. The summed E-state index contributed by atoms with van der Waals surface area (Å²) in [5.74, 6) is 0.237. The average Bonchev–Trinajstić information content (AvgIpc) is 2.47. The number of aromatic hydroxyl groups is 1. The highest BCUT2D eigenvalue weighted by molar-refractivity contribution is 5.78. The van der Waals surface area contributed by atoms with Crippen molar-refractivity contribution in [3.63, 3.8) is 0 Å². The number of benzene rings is 2. The van der Waals surface area contributed by atoms with E-state index in [-0.39, 0.29) is 11.7 Å². The summed E-state index contributed by atoms with van der Waals surface area (Å²) in [6.07, 6.45) is 0.336. The number of rotatable bonds is 5. The highest BCUT2D eigenvalue weighted by Crippen LogP contribution is 2.14. The molecule has 0 aliphatic heterocycles. The fraction of sp³-hybridized carbons (Fsp3) is 0.235. The van der Waals surface area contributed by atoms with Crippen LogP contribution in [0.2, 0.25) is 0 Å². The maximum Gasteiger partial charge on any atom is 0.227 e. The van der Waals surface area contributed by atoms with Crippen LogP contribution in [0.1, 0.15) is 16.7 Å². The fourth-order valence-electron chi connectivity index (χ4n) is 2.24. The van der Waals surface area contributed by atoms with Crippen molar-refractivity contribution in [2.24, 2.45) is 5.73 Å². The minimum Gasteiger partial charge on any atom is -0.508 e. The third kappa shape index (κ3) is 4.07. The van der Waals surface area contributed by atoms with Crippen LogP contribution in [0.5, 0.6) is 5.75 Å². The first-order valence-electron chi connectivity index (χ1n) is 6.89. The number of phenols is 1. The Hall–Kier alpha value is -2.33. The van der Waals surface area contributed by atoms with Crippen LogP contribution >= 0.6 is 0 Å². The van der Waals surface area contributed by atoms with E-state index in [9.17, 15) is 9.90 Å². The predicted octanol–water partition coefficient (Wildman–Crippen LogP) is 2.05. The zero-order valence-electron chi connectivity index (χ0n) is 12.1. The standard InChI is InChI=1S/C17H20N2O2/c1-19(12-13-5-4-8-16(20)9-13)17(21)10-14-6-2-3-7-15(14)11-18/h2-9,20H,10-12,18H2,1H3. The van der Waals surface area contributed by atoms with Gasteiger partial charge in [-0.1, -0.05) is 36.4 Å². The summed E-state index contributed by atoms with van der Waals surface area (Å²) in [5.41, 5.74) is 8.55. The van der Waals surface area contributed by atoms with Crippen molar-refractivity contribution in [2.45, 2.75) is 19.5 Å². The molecule has 0 unspecified atom stereocenters. The lowest BCUT2D eigenvalue weighted by atomic mass is 10.0. The van der Waals surface area contributed by atoms with Crippen molar-refractivity contribution in [1.29, 1.82) is 0 Å². The molecule has 0 atom stereocenters. The molecule has 0 aromatic heterocycles. The van der Waals surface area contributed by atoms with E-state index >= 15 is 0 Å². The summed E-state index contributed by atoms with van der Waals surface area (Å²) in [6, 6.07) is 14.6. The van der Waals surface area contributed by atoms with E-state index in [1.807, 2.05) is 30.3 Å². The van der Waals surface area contributed by atoms with E-state index in [1.54, 1.807) is 30.1 Å². The molecule has 4 heteroatoms. The lowest BCUT2D eigenvalue weighted by molar-refractivity contribution is -0.129. The van der Waals surface area contributed by atoms with Gasteiger partial charge in [-0.15, -0.1) is 0 Å². The van der Waals surface area contributed by atoms with Crippen LogP contribution in [-0.2, 0) is 24.3 Å². The maximum atomic E-state index is 12.3. The minimum absolute atomic E-state index is 0.0271. The molecule has 21 heavy (non-hydrogen) atoms. The van der Waals surface area contributed by atoms with E-state index in [0.29, 0.717) is 19.5 Å². The molecule has 0 spiro atoms. The third-order valence-corrected chi connectivity index (χ3v) is 3.44. The quantitative estimate of drug-likeness (QED) is 0.883. The number of hydrogen-bond donors (Lipinski definition) is 2. The molecule has 110 valence electrons. The van der Waals surface area contributed by atoms with Gasteiger partial charge in [-0.2, -0.15) is 0 Å². The van der Waals surface area contributed by atoms with Crippen LogP contribution in [0.25, 0.3) is 0 Å². The van der Waals surface area contributed by atoms with Gasteiger partial charge in [-0.3, -0.25) is 4.79 Å². The largest absolute Gasteiger partial charge is 0.508 e. The molecule has 1 amide bonds. The topological polar surface area (TPSA) is 66.6 Å². The van der Waals surface area contributed by atoms with E-state index in [1.165, 1.54) is 0 Å². The maximum absolute atomic E-state index is 12.3. The zero-order chi connectivity index (χ0) is 15.2. The van der Waals surface area contributed by atoms with Crippen LogP contribution in [0.3, 0.4) is 0 Å². The number of carbonyl (C=O) groups is 1. The van der Waals surface area contributed by atoms with E-state index in [0.717, 1.165) is 16.7 Å². The second kappa shape index (κ2) is 6.90. The molecule has 4 nitrogen and oxygen atoms in total. The summed E-state index contributed by atoms with van der Waals surface area (Å²) in [4.78, 5) is 13.9. The van der Waals surface area contributed by atoms with Crippen molar-refractivity contribution in [3.05, 3.63) is 65.2 Å². The van der Waals surface area contributed by atoms with Gasteiger partial charge in [-0.25, -0.2) is 0 Å². The van der Waals surface area contributed by atoms with Crippen LogP contribution in [0.4, 0.5) is 0 Å². The van der Waals surface area contributed by atoms with Crippen LogP contribution < -0.4 is 5.73 Å². The second-order valence-electron chi connectivity index (χ2n) is 5.07. The summed E-state index contributed by atoms with van der Waals surface area (Å²) in [5, 5.41) is 9.45. The van der Waals surface area contributed by atoms with Gasteiger partial charge in [0.1, 0.15) is 5.75 Å². The van der Waals surface area contributed by atoms with E-state index < -0.39 is 0 Å². The monoisotopic (exact) mass is 284 g/mol. The van der Waals surface area contributed by atoms with Gasteiger partial charge in [0.2, 0.25) is 5.91 Å². The normalized spacial score (nSPS) is 10.4. The summed E-state index contributed by atoms with van der Waals surface area (Å²) < 4.78 is 0. The molecule has 2 aromatic rings. The molecular formula is C17H20N2O2. The Kier molecular flexibility index (Phi) is 4.95. The Bertz CT molecular complexity index is 626. The smallest absolute Gasteiger partial charge is 0.227 e. The van der Waals surface area contributed by atoms with Crippen molar-refractivity contribution in [2.75, 3.05) is 7.05 Å². The number of amides is 1.